The molecule has 0 aliphatic heterocycles. The van der Waals surface area contributed by atoms with Crippen molar-refractivity contribution in [3.63, 3.8) is 0 Å². The molecule has 11 heteroatoms. The third kappa shape index (κ3) is 8.97. The van der Waals surface area contributed by atoms with Crippen LogP contribution in [-0.4, -0.2) is 61.0 Å². The first-order valence-electron chi connectivity index (χ1n) is 9.78. The third-order valence-electron chi connectivity index (χ3n) is 4.50. The van der Waals surface area contributed by atoms with Crippen LogP contribution in [0.5, 0.6) is 11.5 Å². The van der Waals surface area contributed by atoms with E-state index in [2.05, 4.69) is 5.32 Å². The molecule has 1 atom stereocenters. The zero-order valence-electron chi connectivity index (χ0n) is 17.4. The first-order chi connectivity index (χ1) is 15.6. The Bertz CT molecular complexity index is 958. The van der Waals surface area contributed by atoms with E-state index < -0.39 is 43.0 Å². The summed E-state index contributed by atoms with van der Waals surface area (Å²) in [6.45, 7) is -1.34. The van der Waals surface area contributed by atoms with Gasteiger partial charge in [-0.1, -0.05) is 12.1 Å². The number of ether oxygens (including phenoxy) is 1. The predicted molar refractivity (Wildman–Crippen MR) is 104 cm³/mol. The van der Waals surface area contributed by atoms with Gasteiger partial charge in [0, 0.05) is 26.2 Å². The lowest BCUT2D eigenvalue weighted by Crippen LogP contribution is -2.51. The van der Waals surface area contributed by atoms with Crippen molar-refractivity contribution >= 4 is 23.9 Å². The van der Waals surface area contributed by atoms with E-state index in [1.807, 2.05) is 0 Å². The third-order valence-corrected chi connectivity index (χ3v) is 4.50. The molecule has 11 nitrogen and oxygen atoms in total. The number of benzene rings is 2. The summed E-state index contributed by atoms with van der Waals surface area (Å²) in [6.07, 6.45) is 0.0455. The van der Waals surface area contributed by atoms with Gasteiger partial charge in [0.1, 0.15) is 11.5 Å². The zero-order chi connectivity index (χ0) is 24.4. The minimum atomic E-state index is -1.47. The van der Waals surface area contributed by atoms with Crippen molar-refractivity contribution in [2.45, 2.75) is 12.5 Å². The van der Waals surface area contributed by atoms with Crippen molar-refractivity contribution in [3.05, 3.63) is 59.7 Å². The predicted octanol–water partition coefficient (Wildman–Crippen LogP) is -4.11. The Kier molecular flexibility index (Phi) is 9.33. The van der Waals surface area contributed by atoms with Crippen LogP contribution < -0.4 is 30.5 Å². The maximum Gasteiger partial charge on any atom is 0.127 e. The van der Waals surface area contributed by atoms with E-state index in [4.69, 9.17) is 4.74 Å². The Morgan fingerprint density at radius 2 is 1.33 bits per heavy atom. The summed E-state index contributed by atoms with van der Waals surface area (Å²) in [6, 6.07) is 11.0. The molecular formula is C22H20N2O9-4. The molecule has 176 valence electrons. The number of hydrogen-bond acceptors (Lipinski definition) is 11. The van der Waals surface area contributed by atoms with Gasteiger partial charge in [-0.25, -0.2) is 0 Å². The van der Waals surface area contributed by atoms with Crippen LogP contribution in [0, 0.1) is 0 Å². The van der Waals surface area contributed by atoms with E-state index in [-0.39, 0.29) is 25.1 Å². The zero-order valence-corrected chi connectivity index (χ0v) is 17.4. The van der Waals surface area contributed by atoms with Crippen molar-refractivity contribution in [2.75, 3.05) is 26.2 Å². The summed E-state index contributed by atoms with van der Waals surface area (Å²) in [5, 5.41) is 46.3. The molecule has 0 unspecified atom stereocenters. The van der Waals surface area contributed by atoms with E-state index in [9.17, 15) is 39.6 Å². The van der Waals surface area contributed by atoms with Crippen LogP contribution in [-0.2, 0) is 20.8 Å². The molecular weight excluding hydrogens is 436 g/mol. The van der Waals surface area contributed by atoms with Gasteiger partial charge in [-0.3, -0.25) is 4.90 Å². The molecule has 0 bridgehead atoms. The topological polar surface area (TPSA) is 185 Å². The lowest BCUT2D eigenvalue weighted by Gasteiger charge is -2.25. The Labute approximate surface area is 188 Å². The smallest absolute Gasteiger partial charge is 0.127 e. The Hall–Kier alpha value is -3.96. The van der Waals surface area contributed by atoms with Gasteiger partial charge < -0.3 is 49.7 Å². The maximum absolute atomic E-state index is 11.5. The van der Waals surface area contributed by atoms with Crippen LogP contribution >= 0.6 is 0 Å². The quantitative estimate of drug-likeness (QED) is 0.291. The standard InChI is InChI=1S/C22H24N2O9/c25-19(26)12-24(13-20(27)28)10-9-23-18(22(31)32)11-14-1-5-16(6-2-14)33-17-7-3-15(4-8-17)21(29)30/h1-8,18,23H,9-13H2,(H,25,26)(H,27,28)(H,29,30)(H,31,32)/p-4/t18-/m0/s1. The second-order valence-electron chi connectivity index (χ2n) is 7.04. The van der Waals surface area contributed by atoms with Gasteiger partial charge in [-0.2, -0.15) is 0 Å². The molecule has 33 heavy (non-hydrogen) atoms. The molecule has 0 spiro atoms. The van der Waals surface area contributed by atoms with Gasteiger partial charge in [0.05, 0.1) is 29.9 Å². The van der Waals surface area contributed by atoms with E-state index >= 15 is 0 Å². The number of carbonyl (C=O) groups is 4. The molecule has 0 amide bonds. The van der Waals surface area contributed by atoms with Gasteiger partial charge in [0.2, 0.25) is 0 Å². The fourth-order valence-electron chi connectivity index (χ4n) is 2.94. The van der Waals surface area contributed by atoms with Crippen molar-refractivity contribution < 1.29 is 44.3 Å². The van der Waals surface area contributed by atoms with Crippen LogP contribution in [0.4, 0.5) is 0 Å². The maximum atomic E-state index is 11.5. The molecule has 0 saturated heterocycles. The fourth-order valence-corrected chi connectivity index (χ4v) is 2.94. The van der Waals surface area contributed by atoms with Crippen molar-refractivity contribution in [1.29, 1.82) is 0 Å². The highest BCUT2D eigenvalue weighted by Crippen LogP contribution is 2.22. The summed E-state index contributed by atoms with van der Waals surface area (Å²) < 4.78 is 5.61. The largest absolute Gasteiger partial charge is 0.549 e. The summed E-state index contributed by atoms with van der Waals surface area (Å²) >= 11 is 0. The number of carbonyl (C=O) groups excluding carboxylic acids is 4. The minimum Gasteiger partial charge on any atom is -0.549 e. The molecule has 0 saturated carbocycles. The van der Waals surface area contributed by atoms with Crippen LogP contribution in [0.25, 0.3) is 0 Å². The lowest BCUT2D eigenvalue weighted by atomic mass is 10.1. The Balaban J connectivity index is 1.91. The number of hydrogen-bond donors (Lipinski definition) is 1. The molecule has 0 fully saturated rings. The number of aromatic carboxylic acids is 1. The van der Waals surface area contributed by atoms with E-state index in [0.29, 0.717) is 17.1 Å². The Morgan fingerprint density at radius 1 is 0.818 bits per heavy atom. The second-order valence-corrected chi connectivity index (χ2v) is 7.04. The monoisotopic (exact) mass is 456 g/mol. The summed E-state index contributed by atoms with van der Waals surface area (Å²) in [5.41, 5.74) is 0.651. The lowest BCUT2D eigenvalue weighted by molar-refractivity contribution is -0.312. The van der Waals surface area contributed by atoms with Gasteiger partial charge in [-0.05, 0) is 53.9 Å². The van der Waals surface area contributed by atoms with Gasteiger partial charge in [0.25, 0.3) is 0 Å². The fraction of sp³-hybridized carbons (Fsp3) is 0.273. The first kappa shape index (κ1) is 25.3. The minimum absolute atomic E-state index is 0.0116. The summed E-state index contributed by atoms with van der Waals surface area (Å²) in [4.78, 5) is 44.7. The molecule has 0 heterocycles. The highest BCUT2D eigenvalue weighted by atomic mass is 16.5. The molecule has 0 aromatic heterocycles. The van der Waals surface area contributed by atoms with Gasteiger partial charge in [-0.15, -0.1) is 0 Å². The molecule has 1 N–H and O–H groups in total. The van der Waals surface area contributed by atoms with E-state index in [1.54, 1.807) is 24.3 Å². The van der Waals surface area contributed by atoms with Gasteiger partial charge in [0.15, 0.2) is 0 Å². The molecule has 0 radical (unpaired) electrons. The normalized spacial score (nSPS) is 11.7. The number of nitrogens with zero attached hydrogens (tertiary/aromatic N) is 1. The summed E-state index contributed by atoms with van der Waals surface area (Å²) in [5.74, 6) is -4.77. The number of aliphatic carboxylic acids is 3. The number of nitrogens with one attached hydrogen (secondary N) is 1. The molecule has 2 aromatic rings. The number of carboxylic acid groups (broad SMARTS) is 4. The summed E-state index contributed by atoms with van der Waals surface area (Å²) in [7, 11) is 0. The second kappa shape index (κ2) is 12.2. The SMILES string of the molecule is O=C([O-])CN(CCN[C@@H](Cc1ccc(Oc2ccc(C(=O)[O-])cc2)cc1)C(=O)[O-])CC(=O)[O-]. The van der Waals surface area contributed by atoms with E-state index in [0.717, 1.165) is 4.90 Å². The highest BCUT2D eigenvalue weighted by Gasteiger charge is 2.12. The van der Waals surface area contributed by atoms with Crippen molar-refractivity contribution in [3.8, 4) is 11.5 Å². The molecule has 2 rings (SSSR count). The molecule has 0 aliphatic carbocycles. The number of carboxylic acids is 4. The van der Waals surface area contributed by atoms with Crippen LogP contribution in [0.15, 0.2) is 48.5 Å². The highest BCUT2D eigenvalue weighted by molar-refractivity contribution is 5.85. The molecule has 2 aromatic carbocycles. The van der Waals surface area contributed by atoms with Crippen molar-refractivity contribution in [2.24, 2.45) is 0 Å². The average molecular weight is 456 g/mol. The Morgan fingerprint density at radius 3 is 1.79 bits per heavy atom. The first-order valence-corrected chi connectivity index (χ1v) is 9.78. The van der Waals surface area contributed by atoms with Crippen LogP contribution in [0.2, 0.25) is 0 Å². The average Bonchev–Trinajstić information content (AvgIpc) is 2.73. The van der Waals surface area contributed by atoms with Crippen LogP contribution in [0.1, 0.15) is 15.9 Å². The van der Waals surface area contributed by atoms with E-state index in [1.165, 1.54) is 24.3 Å². The van der Waals surface area contributed by atoms with Crippen LogP contribution in [0.3, 0.4) is 0 Å². The molecule has 0 aliphatic rings. The van der Waals surface area contributed by atoms with Crippen molar-refractivity contribution in [1.82, 2.24) is 10.2 Å². The number of rotatable bonds is 14. The van der Waals surface area contributed by atoms with Gasteiger partial charge >= 0.3 is 0 Å².